The predicted octanol–water partition coefficient (Wildman–Crippen LogP) is 1.37. The fourth-order valence-corrected chi connectivity index (χ4v) is 1.46. The van der Waals surface area contributed by atoms with Gasteiger partial charge in [-0.25, -0.2) is 4.79 Å². The molecule has 2 aromatic rings. The number of carbonyl (C=O) groups excluding carboxylic acids is 1. The molecule has 0 fully saturated rings. The first kappa shape index (κ1) is 11.8. The minimum absolute atomic E-state index is 0.0728. The van der Waals surface area contributed by atoms with Gasteiger partial charge in [0.1, 0.15) is 0 Å². The molecule has 1 aromatic heterocycles. The zero-order chi connectivity index (χ0) is 13.1. The first-order valence-corrected chi connectivity index (χ1v) is 5.20. The maximum absolute atomic E-state index is 11.8. The molecular weight excluding hydrogens is 234 g/mol. The summed E-state index contributed by atoms with van der Waals surface area (Å²) in [6.45, 7) is 0. The van der Waals surface area contributed by atoms with E-state index in [9.17, 15) is 9.59 Å². The molecule has 0 spiro atoms. The molecule has 92 valence electrons. The Morgan fingerprint density at radius 1 is 1.28 bits per heavy atom. The molecule has 0 saturated heterocycles. The Bertz CT molecular complexity index is 604. The number of aromatic nitrogens is 2. The second-order valence-corrected chi connectivity index (χ2v) is 3.71. The van der Waals surface area contributed by atoms with Crippen molar-refractivity contribution in [1.82, 2.24) is 9.78 Å². The standard InChI is InChI=1S/C12H11N3O3/c1-15-6-5-10(14-15)13-11(16)8-3-2-4-9(7-8)12(17)18/h2-7H,1H3,(H,17,18)(H,13,14,16). The Morgan fingerprint density at radius 2 is 2.00 bits per heavy atom. The maximum atomic E-state index is 11.8. The molecule has 0 aliphatic heterocycles. The van der Waals surface area contributed by atoms with Crippen LogP contribution in [0, 0.1) is 0 Å². The number of rotatable bonds is 3. The van der Waals surface area contributed by atoms with Crippen molar-refractivity contribution in [3.8, 4) is 0 Å². The summed E-state index contributed by atoms with van der Waals surface area (Å²) in [4.78, 5) is 22.6. The summed E-state index contributed by atoms with van der Waals surface area (Å²) < 4.78 is 1.56. The number of hydrogen-bond donors (Lipinski definition) is 2. The van der Waals surface area contributed by atoms with Gasteiger partial charge in [0.25, 0.3) is 5.91 Å². The van der Waals surface area contributed by atoms with Crippen molar-refractivity contribution in [3.05, 3.63) is 47.7 Å². The molecule has 2 rings (SSSR count). The lowest BCUT2D eigenvalue weighted by molar-refractivity contribution is 0.0697. The summed E-state index contributed by atoms with van der Waals surface area (Å²) in [6, 6.07) is 7.47. The summed E-state index contributed by atoms with van der Waals surface area (Å²) in [5.74, 6) is -1.04. The van der Waals surface area contributed by atoms with Crippen LogP contribution in [-0.4, -0.2) is 26.8 Å². The van der Waals surface area contributed by atoms with E-state index in [1.54, 1.807) is 30.1 Å². The van der Waals surface area contributed by atoms with Crippen LogP contribution >= 0.6 is 0 Å². The SMILES string of the molecule is Cn1ccc(NC(=O)c2cccc(C(=O)O)c2)n1. The third-order valence-electron chi connectivity index (χ3n) is 2.33. The van der Waals surface area contributed by atoms with Gasteiger partial charge in [-0.05, 0) is 18.2 Å². The van der Waals surface area contributed by atoms with E-state index >= 15 is 0 Å². The first-order chi connectivity index (χ1) is 8.56. The lowest BCUT2D eigenvalue weighted by Crippen LogP contribution is -2.13. The number of amides is 1. The van der Waals surface area contributed by atoms with Crippen LogP contribution < -0.4 is 5.32 Å². The Labute approximate surface area is 103 Å². The second kappa shape index (κ2) is 4.70. The number of carboxylic acid groups (broad SMARTS) is 1. The highest BCUT2D eigenvalue weighted by Gasteiger charge is 2.10. The van der Waals surface area contributed by atoms with Gasteiger partial charge in [0, 0.05) is 24.9 Å². The number of aryl methyl sites for hydroxylation is 1. The highest BCUT2D eigenvalue weighted by molar-refractivity contribution is 6.05. The van der Waals surface area contributed by atoms with Crippen LogP contribution in [-0.2, 0) is 7.05 Å². The molecule has 0 atom stereocenters. The molecule has 6 nitrogen and oxygen atoms in total. The summed E-state index contributed by atoms with van der Waals surface area (Å²) >= 11 is 0. The Morgan fingerprint density at radius 3 is 2.61 bits per heavy atom. The Balaban J connectivity index is 2.18. The average molecular weight is 245 g/mol. The minimum atomic E-state index is -1.07. The van der Waals surface area contributed by atoms with Crippen LogP contribution in [0.15, 0.2) is 36.5 Å². The van der Waals surface area contributed by atoms with Gasteiger partial charge in [0.05, 0.1) is 5.56 Å². The summed E-state index contributed by atoms with van der Waals surface area (Å²) in [5.41, 5.74) is 0.351. The van der Waals surface area contributed by atoms with Crippen LogP contribution in [0.1, 0.15) is 20.7 Å². The van der Waals surface area contributed by atoms with E-state index in [-0.39, 0.29) is 11.1 Å². The lowest BCUT2D eigenvalue weighted by Gasteiger charge is -2.02. The van der Waals surface area contributed by atoms with Gasteiger partial charge in [-0.2, -0.15) is 5.10 Å². The number of nitrogens with zero attached hydrogens (tertiary/aromatic N) is 2. The monoisotopic (exact) mass is 245 g/mol. The molecule has 0 bridgehead atoms. The van der Waals surface area contributed by atoms with Crippen LogP contribution in [0.4, 0.5) is 5.82 Å². The zero-order valence-corrected chi connectivity index (χ0v) is 9.62. The molecule has 0 aliphatic carbocycles. The fourth-order valence-electron chi connectivity index (χ4n) is 1.46. The molecule has 18 heavy (non-hydrogen) atoms. The normalized spacial score (nSPS) is 10.1. The minimum Gasteiger partial charge on any atom is -0.478 e. The topological polar surface area (TPSA) is 84.2 Å². The number of carboxylic acids is 1. The van der Waals surface area contributed by atoms with E-state index in [1.165, 1.54) is 18.2 Å². The number of hydrogen-bond acceptors (Lipinski definition) is 3. The van der Waals surface area contributed by atoms with Crippen molar-refractivity contribution >= 4 is 17.7 Å². The van der Waals surface area contributed by atoms with Crippen LogP contribution in [0.2, 0.25) is 0 Å². The van der Waals surface area contributed by atoms with E-state index in [0.717, 1.165) is 0 Å². The van der Waals surface area contributed by atoms with Gasteiger partial charge in [-0.15, -0.1) is 0 Å². The number of benzene rings is 1. The highest BCUT2D eigenvalue weighted by atomic mass is 16.4. The molecule has 0 saturated carbocycles. The van der Waals surface area contributed by atoms with Crippen molar-refractivity contribution in [3.63, 3.8) is 0 Å². The quantitative estimate of drug-likeness (QED) is 0.855. The average Bonchev–Trinajstić information content (AvgIpc) is 2.75. The van der Waals surface area contributed by atoms with Crippen molar-refractivity contribution in [2.24, 2.45) is 7.05 Å². The maximum Gasteiger partial charge on any atom is 0.335 e. The largest absolute Gasteiger partial charge is 0.478 e. The van der Waals surface area contributed by atoms with Gasteiger partial charge in [0.15, 0.2) is 5.82 Å². The van der Waals surface area contributed by atoms with E-state index in [2.05, 4.69) is 10.4 Å². The lowest BCUT2D eigenvalue weighted by atomic mass is 10.1. The van der Waals surface area contributed by atoms with Crippen LogP contribution in [0.5, 0.6) is 0 Å². The van der Waals surface area contributed by atoms with Gasteiger partial charge in [-0.1, -0.05) is 6.07 Å². The smallest absolute Gasteiger partial charge is 0.335 e. The summed E-state index contributed by atoms with van der Waals surface area (Å²) in [6.07, 6.45) is 1.70. The van der Waals surface area contributed by atoms with Crippen molar-refractivity contribution < 1.29 is 14.7 Å². The van der Waals surface area contributed by atoms with Crippen LogP contribution in [0.25, 0.3) is 0 Å². The Hall–Kier alpha value is -2.63. The molecular formula is C12H11N3O3. The molecule has 0 unspecified atom stereocenters. The van der Waals surface area contributed by atoms with Gasteiger partial charge in [0.2, 0.25) is 0 Å². The number of nitrogens with one attached hydrogen (secondary N) is 1. The zero-order valence-electron chi connectivity index (χ0n) is 9.62. The molecule has 2 N–H and O–H groups in total. The summed E-state index contributed by atoms with van der Waals surface area (Å²) in [5, 5.41) is 15.4. The van der Waals surface area contributed by atoms with Crippen LogP contribution in [0.3, 0.4) is 0 Å². The third-order valence-corrected chi connectivity index (χ3v) is 2.33. The number of aromatic carboxylic acids is 1. The molecule has 0 aliphatic rings. The number of anilines is 1. The van der Waals surface area contributed by atoms with Crippen molar-refractivity contribution in [2.45, 2.75) is 0 Å². The van der Waals surface area contributed by atoms with E-state index < -0.39 is 11.9 Å². The van der Waals surface area contributed by atoms with Crippen molar-refractivity contribution in [2.75, 3.05) is 5.32 Å². The predicted molar refractivity (Wildman–Crippen MR) is 64.6 cm³/mol. The number of carbonyl (C=O) groups is 2. The van der Waals surface area contributed by atoms with E-state index in [0.29, 0.717) is 5.82 Å². The second-order valence-electron chi connectivity index (χ2n) is 3.71. The third kappa shape index (κ3) is 2.54. The highest BCUT2D eigenvalue weighted by Crippen LogP contribution is 2.09. The van der Waals surface area contributed by atoms with Gasteiger partial charge in [-0.3, -0.25) is 9.48 Å². The fraction of sp³-hybridized carbons (Fsp3) is 0.0833. The van der Waals surface area contributed by atoms with Crippen molar-refractivity contribution in [1.29, 1.82) is 0 Å². The van der Waals surface area contributed by atoms with Gasteiger partial charge < -0.3 is 10.4 Å². The van der Waals surface area contributed by atoms with E-state index in [4.69, 9.17) is 5.11 Å². The molecule has 1 aromatic carbocycles. The summed E-state index contributed by atoms with van der Waals surface area (Å²) in [7, 11) is 1.74. The van der Waals surface area contributed by atoms with Gasteiger partial charge >= 0.3 is 5.97 Å². The molecule has 0 radical (unpaired) electrons. The first-order valence-electron chi connectivity index (χ1n) is 5.20. The molecule has 1 heterocycles. The Kier molecular flexibility index (Phi) is 3.09. The molecule has 1 amide bonds. The van der Waals surface area contributed by atoms with E-state index in [1.807, 2.05) is 0 Å². The molecule has 6 heteroatoms.